The summed E-state index contributed by atoms with van der Waals surface area (Å²) in [5.41, 5.74) is 0. The van der Waals surface area contributed by atoms with Crippen LogP contribution in [0.1, 0.15) is 13.8 Å². The normalized spacial score (nSPS) is 11.0. The van der Waals surface area contributed by atoms with E-state index in [0.29, 0.717) is 0 Å². The summed E-state index contributed by atoms with van der Waals surface area (Å²) in [5.74, 6) is 0. The SMILES string of the molecule is CC(C)S(=O)(=O)[S-].[K+]. The molecular weight excluding hydrogens is 171 g/mol. The van der Waals surface area contributed by atoms with Gasteiger partial charge in [0, 0.05) is 14.1 Å². The minimum Gasteiger partial charge on any atom is -0.649 e. The summed E-state index contributed by atoms with van der Waals surface area (Å²) >= 11 is 4.08. The summed E-state index contributed by atoms with van der Waals surface area (Å²) in [5, 5.41) is -0.414. The maximum atomic E-state index is 10.1. The standard InChI is InChI=1S/C3H8O2S2.K/c1-3(2)7(4,5)6;/h3H,1-2H3,(H,4,5,6);/q;+1/p-1. The Morgan fingerprint density at radius 3 is 1.50 bits per heavy atom. The molecule has 0 heterocycles. The van der Waals surface area contributed by atoms with Gasteiger partial charge in [-0.25, -0.2) is 0 Å². The minimum absolute atomic E-state index is 0. The first kappa shape index (κ1) is 12.6. The third kappa shape index (κ3) is 6.06. The molecule has 0 aromatic heterocycles. The largest absolute Gasteiger partial charge is 1.00 e. The van der Waals surface area contributed by atoms with Crippen molar-refractivity contribution in [3.05, 3.63) is 0 Å². The molecule has 0 aliphatic rings. The van der Waals surface area contributed by atoms with Crippen molar-refractivity contribution in [2.75, 3.05) is 0 Å². The van der Waals surface area contributed by atoms with E-state index in [0.717, 1.165) is 0 Å². The molecule has 44 valence electrons. The predicted octanol–water partition coefficient (Wildman–Crippen LogP) is -2.72. The smallest absolute Gasteiger partial charge is 0.649 e. The van der Waals surface area contributed by atoms with Crippen molar-refractivity contribution in [1.82, 2.24) is 0 Å². The second kappa shape index (κ2) is 4.71. The summed E-state index contributed by atoms with van der Waals surface area (Å²) in [6.07, 6.45) is 0. The van der Waals surface area contributed by atoms with Gasteiger partial charge in [0.1, 0.15) is 0 Å². The summed E-state index contributed by atoms with van der Waals surface area (Å²) in [4.78, 5) is 0. The second-order valence-electron chi connectivity index (χ2n) is 1.54. The van der Waals surface area contributed by atoms with E-state index in [2.05, 4.69) is 11.7 Å². The van der Waals surface area contributed by atoms with Gasteiger partial charge in [0.25, 0.3) is 0 Å². The van der Waals surface area contributed by atoms with Crippen LogP contribution < -0.4 is 51.4 Å². The Bertz CT molecular complexity index is 137. The van der Waals surface area contributed by atoms with Gasteiger partial charge >= 0.3 is 51.4 Å². The fourth-order valence-electron chi connectivity index (χ4n) is 0. The summed E-state index contributed by atoms with van der Waals surface area (Å²) in [6.45, 7) is 3.12. The molecule has 0 saturated carbocycles. The topological polar surface area (TPSA) is 34.1 Å². The van der Waals surface area contributed by atoms with Crippen LogP contribution in [0.15, 0.2) is 0 Å². The minimum atomic E-state index is -3.16. The van der Waals surface area contributed by atoms with Crippen molar-refractivity contribution in [3.63, 3.8) is 0 Å². The van der Waals surface area contributed by atoms with Crippen LogP contribution in [0, 0.1) is 0 Å². The van der Waals surface area contributed by atoms with Gasteiger partial charge in [0.05, 0.1) is 0 Å². The average molecular weight is 178 g/mol. The quantitative estimate of drug-likeness (QED) is 0.248. The molecule has 0 aromatic rings. The molecule has 0 radical (unpaired) electrons. The summed E-state index contributed by atoms with van der Waals surface area (Å²) in [7, 11) is -3.16. The molecule has 0 N–H and O–H groups in total. The second-order valence-corrected chi connectivity index (χ2v) is 4.86. The van der Waals surface area contributed by atoms with Crippen LogP contribution in [0.5, 0.6) is 0 Å². The van der Waals surface area contributed by atoms with Gasteiger partial charge < -0.3 is 11.7 Å². The van der Waals surface area contributed by atoms with Gasteiger partial charge in [0.15, 0.2) is 0 Å². The molecule has 0 aliphatic heterocycles. The molecule has 0 fully saturated rings. The number of hydrogen-bond donors (Lipinski definition) is 0. The van der Waals surface area contributed by atoms with E-state index >= 15 is 0 Å². The average Bonchev–Trinajstić information content (AvgIpc) is 1.31. The zero-order valence-corrected chi connectivity index (χ0v) is 9.97. The third-order valence-corrected chi connectivity index (χ3v) is 2.89. The first-order chi connectivity index (χ1) is 2.94. The zero-order chi connectivity index (χ0) is 6.08. The molecule has 5 heteroatoms. The van der Waals surface area contributed by atoms with Crippen molar-refractivity contribution < 1.29 is 59.8 Å². The molecule has 0 amide bonds. The van der Waals surface area contributed by atoms with E-state index in [4.69, 9.17) is 0 Å². The molecule has 0 spiro atoms. The van der Waals surface area contributed by atoms with E-state index < -0.39 is 14.1 Å². The Kier molecular flexibility index (Phi) is 7.41. The van der Waals surface area contributed by atoms with Crippen LogP contribution in [-0.4, -0.2) is 13.7 Å². The fraction of sp³-hybridized carbons (Fsp3) is 1.00. The first-order valence-corrected chi connectivity index (χ1v) is 4.36. The van der Waals surface area contributed by atoms with E-state index in [-0.39, 0.29) is 51.4 Å². The molecule has 0 saturated heterocycles. The molecule has 0 aromatic carbocycles. The van der Waals surface area contributed by atoms with E-state index in [9.17, 15) is 8.42 Å². The molecule has 8 heavy (non-hydrogen) atoms. The van der Waals surface area contributed by atoms with Crippen molar-refractivity contribution in [3.8, 4) is 0 Å². The van der Waals surface area contributed by atoms with Crippen LogP contribution in [0.2, 0.25) is 0 Å². The van der Waals surface area contributed by atoms with Crippen LogP contribution in [0.25, 0.3) is 0 Å². The monoisotopic (exact) mass is 178 g/mol. The van der Waals surface area contributed by atoms with Crippen LogP contribution >= 0.6 is 0 Å². The predicted molar refractivity (Wildman–Crippen MR) is 31.4 cm³/mol. The van der Waals surface area contributed by atoms with Crippen LogP contribution in [-0.2, 0) is 20.5 Å². The van der Waals surface area contributed by atoms with Crippen molar-refractivity contribution in [2.45, 2.75) is 19.1 Å². The zero-order valence-electron chi connectivity index (χ0n) is 5.21. The maximum Gasteiger partial charge on any atom is 1.00 e. The number of rotatable bonds is 1. The van der Waals surface area contributed by atoms with Crippen LogP contribution in [0.3, 0.4) is 0 Å². The maximum absolute atomic E-state index is 10.1. The van der Waals surface area contributed by atoms with Crippen molar-refractivity contribution in [1.29, 1.82) is 0 Å². The van der Waals surface area contributed by atoms with Crippen molar-refractivity contribution in [2.24, 2.45) is 0 Å². The Balaban J connectivity index is 0. The molecule has 0 aliphatic carbocycles. The van der Waals surface area contributed by atoms with Gasteiger partial charge in [-0.2, -0.15) is 0 Å². The molecule has 2 nitrogen and oxygen atoms in total. The van der Waals surface area contributed by atoms with E-state index in [1.54, 1.807) is 13.8 Å². The van der Waals surface area contributed by atoms with Gasteiger partial charge in [-0.15, -0.1) is 0 Å². The number of hydrogen-bond acceptors (Lipinski definition) is 3. The molecule has 0 atom stereocenters. The van der Waals surface area contributed by atoms with Crippen molar-refractivity contribution >= 4 is 20.5 Å². The van der Waals surface area contributed by atoms with Gasteiger partial charge in [-0.1, -0.05) is 13.8 Å². The first-order valence-electron chi connectivity index (χ1n) is 1.89. The fourth-order valence-corrected chi connectivity index (χ4v) is 0. The van der Waals surface area contributed by atoms with Gasteiger partial charge in [0.2, 0.25) is 0 Å². The Morgan fingerprint density at radius 2 is 1.50 bits per heavy atom. The Labute approximate surface area is 97.6 Å². The van der Waals surface area contributed by atoms with Gasteiger partial charge in [-0.3, -0.25) is 8.42 Å². The Morgan fingerprint density at radius 1 is 1.38 bits per heavy atom. The van der Waals surface area contributed by atoms with Crippen LogP contribution in [0.4, 0.5) is 0 Å². The molecular formula is C3H7KO2S2. The third-order valence-electron chi connectivity index (χ3n) is 0.577. The Hall–Kier alpha value is 1.94. The van der Waals surface area contributed by atoms with E-state index in [1.807, 2.05) is 0 Å². The molecule has 0 unspecified atom stereocenters. The van der Waals surface area contributed by atoms with E-state index in [1.165, 1.54) is 0 Å². The molecule has 0 rings (SSSR count). The molecule has 0 bridgehead atoms. The summed E-state index contributed by atoms with van der Waals surface area (Å²) in [6, 6.07) is 0. The summed E-state index contributed by atoms with van der Waals surface area (Å²) < 4.78 is 20.3. The van der Waals surface area contributed by atoms with Gasteiger partial charge in [-0.05, 0) is 0 Å².